The molecule has 5 rings (SSSR count). The van der Waals surface area contributed by atoms with Crippen LogP contribution in [-0.2, 0) is 14.8 Å². The number of aromatic amines is 1. The average molecular weight is 468 g/mol. The highest BCUT2D eigenvalue weighted by atomic mass is 32.2. The first kappa shape index (κ1) is 21.2. The largest absolute Gasteiger partial charge is 0.497 e. The van der Waals surface area contributed by atoms with E-state index in [4.69, 9.17) is 9.47 Å². The predicted octanol–water partition coefficient (Wildman–Crippen LogP) is 1.79. The Morgan fingerprint density at radius 1 is 1.12 bits per heavy atom. The fraction of sp³-hybridized carbons (Fsp3) is 0.238. The van der Waals surface area contributed by atoms with E-state index >= 15 is 0 Å². The van der Waals surface area contributed by atoms with Crippen LogP contribution in [0.5, 0.6) is 5.75 Å². The lowest BCUT2D eigenvalue weighted by molar-refractivity contribution is 0.0730. The number of aromatic nitrogens is 4. The van der Waals surface area contributed by atoms with Crippen LogP contribution in [0.1, 0.15) is 10.4 Å². The SMILES string of the molecule is COc1ccc(C(=O)Nc2nnc3c(n2)[nH]c2ccc(S(=O)(=O)N4CCOCC4)cc23)cc1. The number of rotatable bonds is 5. The summed E-state index contributed by atoms with van der Waals surface area (Å²) in [5.74, 6) is 0.267. The van der Waals surface area contributed by atoms with E-state index < -0.39 is 15.9 Å². The topological polar surface area (TPSA) is 139 Å². The zero-order valence-electron chi connectivity index (χ0n) is 17.6. The minimum atomic E-state index is -3.65. The van der Waals surface area contributed by atoms with Crippen molar-refractivity contribution in [3.8, 4) is 5.75 Å². The Labute approximate surface area is 188 Å². The van der Waals surface area contributed by atoms with Gasteiger partial charge in [-0.3, -0.25) is 10.1 Å². The molecule has 1 aliphatic heterocycles. The molecule has 11 nitrogen and oxygen atoms in total. The van der Waals surface area contributed by atoms with Crippen molar-refractivity contribution >= 4 is 43.9 Å². The molecule has 0 radical (unpaired) electrons. The third-order valence-electron chi connectivity index (χ3n) is 5.37. The fourth-order valence-corrected chi connectivity index (χ4v) is 5.05. The summed E-state index contributed by atoms with van der Waals surface area (Å²) in [7, 11) is -2.11. The first-order valence-electron chi connectivity index (χ1n) is 10.2. The van der Waals surface area contributed by atoms with Crippen LogP contribution in [0.2, 0.25) is 0 Å². The van der Waals surface area contributed by atoms with E-state index in [0.717, 1.165) is 0 Å². The molecule has 1 aliphatic rings. The Hall–Kier alpha value is -3.61. The van der Waals surface area contributed by atoms with Crippen LogP contribution >= 0.6 is 0 Å². The van der Waals surface area contributed by atoms with Gasteiger partial charge in [0.15, 0.2) is 5.65 Å². The van der Waals surface area contributed by atoms with Crippen LogP contribution in [0.4, 0.5) is 5.95 Å². The number of carbonyl (C=O) groups is 1. The number of sulfonamides is 1. The molecule has 0 bridgehead atoms. The summed E-state index contributed by atoms with van der Waals surface area (Å²) < 4.78 is 37.7. The van der Waals surface area contributed by atoms with Gasteiger partial charge < -0.3 is 14.5 Å². The van der Waals surface area contributed by atoms with Gasteiger partial charge in [-0.05, 0) is 42.5 Å². The van der Waals surface area contributed by atoms with Crippen molar-refractivity contribution in [2.75, 3.05) is 38.7 Å². The van der Waals surface area contributed by atoms with Gasteiger partial charge in [-0.25, -0.2) is 8.42 Å². The Morgan fingerprint density at radius 2 is 1.88 bits per heavy atom. The number of benzene rings is 2. The number of ether oxygens (including phenoxy) is 2. The second kappa shape index (κ2) is 8.39. The van der Waals surface area contributed by atoms with Crippen molar-refractivity contribution in [1.29, 1.82) is 0 Å². The molecule has 1 amide bonds. The molecule has 12 heteroatoms. The lowest BCUT2D eigenvalue weighted by atomic mass is 10.2. The zero-order valence-corrected chi connectivity index (χ0v) is 18.4. The summed E-state index contributed by atoms with van der Waals surface area (Å²) >= 11 is 0. The molecule has 170 valence electrons. The Kier molecular flexibility index (Phi) is 5.40. The van der Waals surface area contributed by atoms with Crippen LogP contribution in [0.15, 0.2) is 47.4 Å². The summed E-state index contributed by atoms with van der Waals surface area (Å²) in [6, 6.07) is 11.4. The molecule has 4 aromatic rings. The molecule has 0 saturated carbocycles. The molecule has 2 N–H and O–H groups in total. The molecule has 1 saturated heterocycles. The first-order valence-corrected chi connectivity index (χ1v) is 11.6. The first-order chi connectivity index (χ1) is 16.0. The van der Waals surface area contributed by atoms with Crippen molar-refractivity contribution in [1.82, 2.24) is 24.5 Å². The van der Waals surface area contributed by atoms with E-state index in [2.05, 4.69) is 25.5 Å². The molecule has 2 aromatic carbocycles. The lowest BCUT2D eigenvalue weighted by Gasteiger charge is -2.26. The summed E-state index contributed by atoms with van der Waals surface area (Å²) in [6.45, 7) is 1.36. The standard InChI is InChI=1S/C21H20N6O5S/c1-31-14-4-2-13(3-5-14)20(28)24-21-23-19-18(25-26-21)16-12-15(6-7-17(16)22-19)33(29,30)27-8-10-32-11-9-27/h2-7,12H,8-11H2,1H3,(H2,22,23,24,26,28). The molecule has 3 heterocycles. The second-order valence-electron chi connectivity index (χ2n) is 7.36. The molecular formula is C21H20N6O5S. The van der Waals surface area contributed by atoms with E-state index in [1.165, 1.54) is 4.31 Å². The van der Waals surface area contributed by atoms with Gasteiger partial charge >= 0.3 is 0 Å². The number of fused-ring (bicyclic) bond motifs is 3. The number of methoxy groups -OCH3 is 1. The Morgan fingerprint density at radius 3 is 2.61 bits per heavy atom. The van der Waals surface area contributed by atoms with Gasteiger partial charge in [0.2, 0.25) is 10.0 Å². The molecule has 0 spiro atoms. The van der Waals surface area contributed by atoms with Crippen molar-refractivity contribution in [3.63, 3.8) is 0 Å². The number of morpholine rings is 1. The maximum Gasteiger partial charge on any atom is 0.258 e. The van der Waals surface area contributed by atoms with Crippen molar-refractivity contribution in [2.45, 2.75) is 4.90 Å². The summed E-state index contributed by atoms with van der Waals surface area (Å²) in [4.78, 5) is 20.1. The second-order valence-corrected chi connectivity index (χ2v) is 9.30. The van der Waals surface area contributed by atoms with Gasteiger partial charge in [0.1, 0.15) is 11.3 Å². The van der Waals surface area contributed by atoms with Crippen LogP contribution < -0.4 is 10.1 Å². The zero-order chi connectivity index (χ0) is 23.0. The molecule has 0 atom stereocenters. The summed E-state index contributed by atoms with van der Waals surface area (Å²) in [6.07, 6.45) is 0. The van der Waals surface area contributed by atoms with E-state index in [-0.39, 0.29) is 10.8 Å². The molecular weight excluding hydrogens is 448 g/mol. The number of hydrogen-bond acceptors (Lipinski definition) is 8. The monoisotopic (exact) mass is 468 g/mol. The Balaban J connectivity index is 1.44. The third kappa shape index (κ3) is 3.99. The van der Waals surface area contributed by atoms with Gasteiger partial charge in [0.25, 0.3) is 11.9 Å². The number of nitrogens with one attached hydrogen (secondary N) is 2. The highest BCUT2D eigenvalue weighted by Gasteiger charge is 2.27. The number of hydrogen-bond donors (Lipinski definition) is 2. The maximum atomic E-state index is 13.0. The van der Waals surface area contributed by atoms with Crippen LogP contribution in [0.3, 0.4) is 0 Å². The highest BCUT2D eigenvalue weighted by Crippen LogP contribution is 2.27. The summed E-state index contributed by atoms with van der Waals surface area (Å²) in [5.41, 5.74) is 1.86. The molecule has 2 aromatic heterocycles. The van der Waals surface area contributed by atoms with Gasteiger partial charge in [0.05, 0.1) is 25.2 Å². The van der Waals surface area contributed by atoms with Gasteiger partial charge in [-0.2, -0.15) is 9.29 Å². The highest BCUT2D eigenvalue weighted by molar-refractivity contribution is 7.89. The van der Waals surface area contributed by atoms with Crippen LogP contribution in [-0.4, -0.2) is 72.2 Å². The normalized spacial score (nSPS) is 15.1. The predicted molar refractivity (Wildman–Crippen MR) is 120 cm³/mol. The number of H-pyrrole nitrogens is 1. The minimum absolute atomic E-state index is 0.0241. The summed E-state index contributed by atoms with van der Waals surface area (Å²) in [5, 5.41) is 11.4. The number of carbonyl (C=O) groups excluding carboxylic acids is 1. The van der Waals surface area contributed by atoms with E-state index in [0.29, 0.717) is 59.7 Å². The average Bonchev–Trinajstić information content (AvgIpc) is 3.21. The molecule has 0 unspecified atom stereocenters. The molecule has 1 fully saturated rings. The number of amides is 1. The lowest BCUT2D eigenvalue weighted by Crippen LogP contribution is -2.40. The third-order valence-corrected chi connectivity index (χ3v) is 7.27. The quantitative estimate of drug-likeness (QED) is 0.452. The van der Waals surface area contributed by atoms with Gasteiger partial charge in [-0.1, -0.05) is 0 Å². The van der Waals surface area contributed by atoms with E-state index in [1.807, 2.05) is 0 Å². The number of anilines is 1. The Bertz CT molecular complexity index is 1450. The van der Waals surface area contributed by atoms with E-state index in [1.54, 1.807) is 49.6 Å². The van der Waals surface area contributed by atoms with Crippen molar-refractivity contribution in [2.24, 2.45) is 0 Å². The van der Waals surface area contributed by atoms with E-state index in [9.17, 15) is 13.2 Å². The molecule has 0 aliphatic carbocycles. The minimum Gasteiger partial charge on any atom is -0.497 e. The van der Waals surface area contributed by atoms with Crippen molar-refractivity contribution < 1.29 is 22.7 Å². The van der Waals surface area contributed by atoms with Crippen LogP contribution in [0, 0.1) is 0 Å². The smallest absolute Gasteiger partial charge is 0.258 e. The number of nitrogens with zero attached hydrogens (tertiary/aromatic N) is 4. The van der Waals surface area contributed by atoms with Gasteiger partial charge in [0, 0.05) is 29.6 Å². The van der Waals surface area contributed by atoms with Crippen molar-refractivity contribution in [3.05, 3.63) is 48.0 Å². The fourth-order valence-electron chi connectivity index (χ4n) is 3.62. The maximum absolute atomic E-state index is 13.0. The van der Waals surface area contributed by atoms with Gasteiger partial charge in [-0.15, -0.1) is 10.2 Å². The molecule has 33 heavy (non-hydrogen) atoms. The van der Waals surface area contributed by atoms with Crippen LogP contribution in [0.25, 0.3) is 22.1 Å².